The normalized spacial score (nSPS) is 10.9. The fourth-order valence-electron chi connectivity index (χ4n) is 1.70. The highest BCUT2D eigenvalue weighted by atomic mass is 16.3. The van der Waals surface area contributed by atoms with Crippen LogP contribution in [0.3, 0.4) is 0 Å². The van der Waals surface area contributed by atoms with Gasteiger partial charge in [0.1, 0.15) is 11.4 Å². The van der Waals surface area contributed by atoms with Crippen molar-refractivity contribution >= 4 is 16.9 Å². The molecule has 0 spiro atoms. The molecule has 2 aromatic heterocycles. The van der Waals surface area contributed by atoms with E-state index in [1.54, 1.807) is 6.92 Å². The lowest BCUT2D eigenvalue weighted by Gasteiger charge is -1.98. The van der Waals surface area contributed by atoms with Gasteiger partial charge in [0.15, 0.2) is 5.76 Å². The van der Waals surface area contributed by atoms with Crippen LogP contribution >= 0.6 is 0 Å². The minimum atomic E-state index is 0.202. The summed E-state index contributed by atoms with van der Waals surface area (Å²) < 4.78 is 5.66. The minimum absolute atomic E-state index is 0.202. The molecule has 0 saturated heterocycles. The van der Waals surface area contributed by atoms with Crippen LogP contribution in [0, 0.1) is 6.92 Å². The highest BCUT2D eigenvalue weighted by Gasteiger charge is 2.10. The van der Waals surface area contributed by atoms with Crippen LogP contribution in [0.2, 0.25) is 0 Å². The smallest absolute Gasteiger partial charge is 0.223 e. The quantitative estimate of drug-likeness (QED) is 0.688. The first kappa shape index (κ1) is 9.77. The second-order valence-corrected chi connectivity index (χ2v) is 3.71. The Bertz CT molecular complexity index is 637. The molecule has 0 aliphatic heterocycles. The molecular formula is C12H10N4O. The summed E-state index contributed by atoms with van der Waals surface area (Å²) in [6, 6.07) is 9.64. The van der Waals surface area contributed by atoms with Gasteiger partial charge in [-0.15, -0.1) is 0 Å². The van der Waals surface area contributed by atoms with Crippen molar-refractivity contribution in [3.05, 3.63) is 36.2 Å². The molecule has 5 nitrogen and oxygen atoms in total. The van der Waals surface area contributed by atoms with E-state index in [2.05, 4.69) is 15.0 Å². The summed E-state index contributed by atoms with van der Waals surface area (Å²) in [4.78, 5) is 12.2. The van der Waals surface area contributed by atoms with Gasteiger partial charge >= 0.3 is 0 Å². The standard InChI is InChI=1S/C12H10N4O/c1-7-14-11(16-12(13)15-7)10-6-8-4-2-3-5-9(8)17-10/h2-6H,1H3,(H2,13,14,15,16). The van der Waals surface area contributed by atoms with Crippen molar-refractivity contribution in [2.24, 2.45) is 0 Å². The molecular weight excluding hydrogens is 216 g/mol. The van der Waals surface area contributed by atoms with Crippen molar-refractivity contribution in [2.45, 2.75) is 6.92 Å². The fraction of sp³-hybridized carbons (Fsp3) is 0.0833. The Balaban J connectivity index is 2.20. The maximum Gasteiger partial charge on any atom is 0.223 e. The molecule has 2 heterocycles. The molecule has 0 fully saturated rings. The average Bonchev–Trinajstić information content (AvgIpc) is 2.71. The van der Waals surface area contributed by atoms with E-state index in [1.807, 2.05) is 30.3 Å². The Hall–Kier alpha value is -2.43. The molecule has 0 atom stereocenters. The van der Waals surface area contributed by atoms with Crippen LogP contribution in [-0.2, 0) is 0 Å². The van der Waals surface area contributed by atoms with Crippen molar-refractivity contribution in [2.75, 3.05) is 5.73 Å². The van der Waals surface area contributed by atoms with Gasteiger partial charge in [-0.25, -0.2) is 4.98 Å². The fourth-order valence-corrected chi connectivity index (χ4v) is 1.70. The van der Waals surface area contributed by atoms with Crippen molar-refractivity contribution in [1.29, 1.82) is 0 Å². The Morgan fingerprint density at radius 1 is 1.12 bits per heavy atom. The van der Waals surface area contributed by atoms with E-state index in [-0.39, 0.29) is 5.95 Å². The second-order valence-electron chi connectivity index (χ2n) is 3.71. The Kier molecular flexibility index (Phi) is 2.04. The first-order valence-electron chi connectivity index (χ1n) is 5.19. The van der Waals surface area contributed by atoms with Gasteiger partial charge in [-0.2, -0.15) is 9.97 Å². The van der Waals surface area contributed by atoms with E-state index in [0.29, 0.717) is 17.4 Å². The van der Waals surface area contributed by atoms with E-state index in [1.165, 1.54) is 0 Å². The number of rotatable bonds is 1. The first-order chi connectivity index (χ1) is 8.22. The van der Waals surface area contributed by atoms with Crippen LogP contribution < -0.4 is 5.73 Å². The summed E-state index contributed by atoms with van der Waals surface area (Å²) >= 11 is 0. The Morgan fingerprint density at radius 3 is 2.71 bits per heavy atom. The number of para-hydroxylation sites is 1. The minimum Gasteiger partial charge on any atom is -0.453 e. The summed E-state index contributed by atoms with van der Waals surface area (Å²) in [7, 11) is 0. The van der Waals surface area contributed by atoms with Gasteiger partial charge in [-0.3, -0.25) is 0 Å². The number of hydrogen-bond acceptors (Lipinski definition) is 5. The zero-order valence-electron chi connectivity index (χ0n) is 9.21. The number of aromatic nitrogens is 3. The second kappa shape index (κ2) is 3.55. The molecule has 0 bridgehead atoms. The van der Waals surface area contributed by atoms with Crippen molar-refractivity contribution in [3.8, 4) is 11.6 Å². The molecule has 0 radical (unpaired) electrons. The first-order valence-corrected chi connectivity index (χ1v) is 5.19. The highest BCUT2D eigenvalue weighted by Crippen LogP contribution is 2.25. The molecule has 1 aromatic carbocycles. The molecule has 0 amide bonds. The SMILES string of the molecule is Cc1nc(N)nc(-c2cc3ccccc3o2)n1. The van der Waals surface area contributed by atoms with Crippen LogP contribution in [0.1, 0.15) is 5.82 Å². The average molecular weight is 226 g/mol. The molecule has 0 aliphatic rings. The number of nitrogen functional groups attached to an aromatic ring is 1. The largest absolute Gasteiger partial charge is 0.453 e. The third kappa shape index (κ3) is 1.71. The van der Waals surface area contributed by atoms with Gasteiger partial charge in [-0.05, 0) is 19.1 Å². The molecule has 5 heteroatoms. The van der Waals surface area contributed by atoms with Crippen molar-refractivity contribution in [1.82, 2.24) is 15.0 Å². The van der Waals surface area contributed by atoms with Crippen molar-refractivity contribution in [3.63, 3.8) is 0 Å². The van der Waals surface area contributed by atoms with Crippen LogP contribution in [-0.4, -0.2) is 15.0 Å². The van der Waals surface area contributed by atoms with Gasteiger partial charge in [0.2, 0.25) is 11.8 Å². The maximum atomic E-state index is 5.66. The van der Waals surface area contributed by atoms with Gasteiger partial charge in [0, 0.05) is 5.39 Å². The van der Waals surface area contributed by atoms with E-state index < -0.39 is 0 Å². The van der Waals surface area contributed by atoms with Gasteiger partial charge < -0.3 is 10.2 Å². The van der Waals surface area contributed by atoms with Gasteiger partial charge in [-0.1, -0.05) is 18.2 Å². The van der Waals surface area contributed by atoms with E-state index in [4.69, 9.17) is 10.2 Å². The summed E-state index contributed by atoms with van der Waals surface area (Å²) in [5.74, 6) is 1.84. The molecule has 3 aromatic rings. The summed E-state index contributed by atoms with van der Waals surface area (Å²) in [5.41, 5.74) is 6.39. The molecule has 3 rings (SSSR count). The number of furan rings is 1. The van der Waals surface area contributed by atoms with E-state index in [9.17, 15) is 0 Å². The van der Waals surface area contributed by atoms with Crippen LogP contribution in [0.25, 0.3) is 22.6 Å². The number of nitrogens with two attached hydrogens (primary N) is 1. The molecule has 0 unspecified atom stereocenters. The summed E-state index contributed by atoms with van der Waals surface area (Å²) in [6.07, 6.45) is 0. The molecule has 2 N–H and O–H groups in total. The molecule has 0 saturated carbocycles. The predicted molar refractivity (Wildman–Crippen MR) is 64.2 cm³/mol. The Morgan fingerprint density at radius 2 is 1.94 bits per heavy atom. The lowest BCUT2D eigenvalue weighted by Crippen LogP contribution is -2.01. The molecule has 17 heavy (non-hydrogen) atoms. The van der Waals surface area contributed by atoms with Gasteiger partial charge in [0.05, 0.1) is 0 Å². The lowest BCUT2D eigenvalue weighted by molar-refractivity contribution is 0.624. The zero-order chi connectivity index (χ0) is 11.8. The lowest BCUT2D eigenvalue weighted by atomic mass is 10.2. The zero-order valence-corrected chi connectivity index (χ0v) is 9.21. The number of hydrogen-bond donors (Lipinski definition) is 1. The summed E-state index contributed by atoms with van der Waals surface area (Å²) in [5, 5.41) is 1.01. The van der Waals surface area contributed by atoms with Crippen LogP contribution in [0.5, 0.6) is 0 Å². The van der Waals surface area contributed by atoms with Crippen molar-refractivity contribution < 1.29 is 4.42 Å². The van der Waals surface area contributed by atoms with E-state index >= 15 is 0 Å². The Labute approximate surface area is 97.3 Å². The van der Waals surface area contributed by atoms with Crippen LogP contribution in [0.4, 0.5) is 5.95 Å². The number of nitrogens with zero attached hydrogens (tertiary/aromatic N) is 3. The van der Waals surface area contributed by atoms with E-state index in [0.717, 1.165) is 11.0 Å². The molecule has 84 valence electrons. The monoisotopic (exact) mass is 226 g/mol. The third-order valence-corrected chi connectivity index (χ3v) is 2.41. The molecule has 0 aliphatic carbocycles. The predicted octanol–water partition coefficient (Wildman–Crippen LogP) is 2.18. The number of anilines is 1. The third-order valence-electron chi connectivity index (χ3n) is 2.41. The van der Waals surface area contributed by atoms with Crippen LogP contribution in [0.15, 0.2) is 34.7 Å². The maximum absolute atomic E-state index is 5.66. The topological polar surface area (TPSA) is 77.8 Å². The summed E-state index contributed by atoms with van der Waals surface area (Å²) in [6.45, 7) is 1.77. The van der Waals surface area contributed by atoms with Gasteiger partial charge in [0.25, 0.3) is 0 Å². The highest BCUT2D eigenvalue weighted by molar-refractivity contribution is 5.81. The number of aryl methyl sites for hydroxylation is 1. The number of fused-ring (bicyclic) bond motifs is 1. The number of benzene rings is 1.